The van der Waals surface area contributed by atoms with Crippen molar-refractivity contribution in [3.63, 3.8) is 0 Å². The Kier molecular flexibility index (Phi) is 4.22. The molecule has 4 aromatic rings. The van der Waals surface area contributed by atoms with Crippen molar-refractivity contribution in [3.8, 4) is 12.3 Å². The first-order valence-corrected chi connectivity index (χ1v) is 8.98. The Hall–Kier alpha value is -3.05. The molecule has 2 heteroatoms. The van der Waals surface area contributed by atoms with Crippen LogP contribution in [0, 0.1) is 12.3 Å². The lowest BCUT2D eigenvalue weighted by atomic mass is 9.90. The highest BCUT2D eigenvalue weighted by atomic mass is 16.5. The number of aryl methyl sites for hydroxylation is 1. The molecule has 0 bridgehead atoms. The molecular weight excluding hydrogens is 320 g/mol. The van der Waals surface area contributed by atoms with Crippen LogP contribution in [-0.2, 0) is 16.0 Å². The van der Waals surface area contributed by atoms with Crippen LogP contribution in [0.15, 0.2) is 54.6 Å². The molecule has 4 aromatic carbocycles. The van der Waals surface area contributed by atoms with Crippen LogP contribution < -0.4 is 0 Å². The van der Waals surface area contributed by atoms with Crippen LogP contribution in [0.5, 0.6) is 0 Å². The zero-order valence-corrected chi connectivity index (χ0v) is 14.8. The van der Waals surface area contributed by atoms with Crippen molar-refractivity contribution in [2.24, 2.45) is 0 Å². The number of terminal acetylenes is 1. The SMILES string of the molecule is C#C[C@@H](C)OC(=O)CCCc1ccc2ccc3cccc4ccc1c2c34. The summed E-state index contributed by atoms with van der Waals surface area (Å²) in [5.74, 6) is 2.19. The fourth-order valence-corrected chi connectivity index (χ4v) is 3.73. The second-order valence-electron chi connectivity index (χ2n) is 6.73. The second kappa shape index (κ2) is 6.69. The van der Waals surface area contributed by atoms with Gasteiger partial charge < -0.3 is 4.74 Å². The minimum atomic E-state index is -0.461. The highest BCUT2D eigenvalue weighted by Gasteiger charge is 2.12. The molecule has 0 amide bonds. The average Bonchev–Trinajstić information content (AvgIpc) is 2.67. The molecule has 0 spiro atoms. The minimum absolute atomic E-state index is 0.229. The lowest BCUT2D eigenvalue weighted by molar-refractivity contribution is -0.145. The molecule has 1 atom stereocenters. The van der Waals surface area contributed by atoms with Crippen LogP contribution in [0.25, 0.3) is 32.3 Å². The number of benzene rings is 4. The van der Waals surface area contributed by atoms with Gasteiger partial charge in [-0.05, 0) is 57.6 Å². The fraction of sp³-hybridized carbons (Fsp3) is 0.208. The highest BCUT2D eigenvalue weighted by Crippen LogP contribution is 2.36. The first kappa shape index (κ1) is 16.4. The molecule has 0 saturated heterocycles. The van der Waals surface area contributed by atoms with Crippen molar-refractivity contribution in [3.05, 3.63) is 60.2 Å². The van der Waals surface area contributed by atoms with Gasteiger partial charge in [0, 0.05) is 6.42 Å². The van der Waals surface area contributed by atoms with Crippen LogP contribution in [0.1, 0.15) is 25.3 Å². The first-order valence-electron chi connectivity index (χ1n) is 8.98. The Labute approximate surface area is 153 Å². The topological polar surface area (TPSA) is 26.3 Å². The number of esters is 1. The fourth-order valence-electron chi connectivity index (χ4n) is 3.73. The predicted molar refractivity (Wildman–Crippen MR) is 107 cm³/mol. The van der Waals surface area contributed by atoms with E-state index in [1.807, 2.05) is 0 Å². The lowest BCUT2D eigenvalue weighted by Crippen LogP contribution is -2.12. The molecular formula is C24H20O2. The maximum absolute atomic E-state index is 11.8. The average molecular weight is 340 g/mol. The largest absolute Gasteiger partial charge is 0.449 e. The normalized spacial score (nSPS) is 12.5. The summed E-state index contributed by atoms with van der Waals surface area (Å²) in [7, 11) is 0. The zero-order chi connectivity index (χ0) is 18.1. The Balaban J connectivity index is 1.64. The monoisotopic (exact) mass is 340 g/mol. The molecule has 0 heterocycles. The summed E-state index contributed by atoms with van der Waals surface area (Å²) in [4.78, 5) is 11.8. The zero-order valence-electron chi connectivity index (χ0n) is 14.8. The Morgan fingerprint density at radius 3 is 2.38 bits per heavy atom. The summed E-state index contributed by atoms with van der Waals surface area (Å²) in [5, 5.41) is 7.72. The number of carbonyl (C=O) groups excluding carboxylic acids is 1. The van der Waals surface area contributed by atoms with Crippen molar-refractivity contribution >= 4 is 38.3 Å². The van der Waals surface area contributed by atoms with E-state index < -0.39 is 6.10 Å². The van der Waals surface area contributed by atoms with Gasteiger partial charge in [-0.1, -0.05) is 60.5 Å². The third-order valence-corrected chi connectivity index (χ3v) is 4.99. The van der Waals surface area contributed by atoms with E-state index in [2.05, 4.69) is 60.5 Å². The lowest BCUT2D eigenvalue weighted by Gasteiger charge is -2.14. The molecule has 0 aromatic heterocycles. The van der Waals surface area contributed by atoms with Crippen molar-refractivity contribution in [1.29, 1.82) is 0 Å². The molecule has 0 fully saturated rings. The molecule has 0 N–H and O–H groups in total. The summed E-state index contributed by atoms with van der Waals surface area (Å²) >= 11 is 0. The summed E-state index contributed by atoms with van der Waals surface area (Å²) in [6.45, 7) is 1.71. The van der Waals surface area contributed by atoms with Gasteiger partial charge in [-0.2, -0.15) is 0 Å². The molecule has 0 radical (unpaired) electrons. The number of rotatable bonds is 5. The summed E-state index contributed by atoms with van der Waals surface area (Å²) in [6, 6.07) is 19.6. The molecule has 2 nitrogen and oxygen atoms in total. The van der Waals surface area contributed by atoms with Gasteiger partial charge in [-0.3, -0.25) is 4.79 Å². The van der Waals surface area contributed by atoms with E-state index >= 15 is 0 Å². The maximum Gasteiger partial charge on any atom is 0.307 e. The van der Waals surface area contributed by atoms with Crippen molar-refractivity contribution < 1.29 is 9.53 Å². The minimum Gasteiger partial charge on any atom is -0.449 e. The van der Waals surface area contributed by atoms with E-state index in [1.165, 1.54) is 37.9 Å². The Morgan fingerprint density at radius 2 is 1.65 bits per heavy atom. The smallest absolute Gasteiger partial charge is 0.307 e. The van der Waals surface area contributed by atoms with E-state index in [0.717, 1.165) is 12.8 Å². The van der Waals surface area contributed by atoms with Gasteiger partial charge in [0.2, 0.25) is 0 Å². The van der Waals surface area contributed by atoms with E-state index in [4.69, 9.17) is 11.2 Å². The van der Waals surface area contributed by atoms with Crippen molar-refractivity contribution in [1.82, 2.24) is 0 Å². The Bertz CT molecular complexity index is 1120. The summed E-state index contributed by atoms with van der Waals surface area (Å²) in [5.41, 5.74) is 1.27. The van der Waals surface area contributed by atoms with Gasteiger partial charge in [0.1, 0.15) is 0 Å². The molecule has 128 valence electrons. The van der Waals surface area contributed by atoms with E-state index in [0.29, 0.717) is 6.42 Å². The van der Waals surface area contributed by atoms with Crippen LogP contribution in [0.3, 0.4) is 0 Å². The molecule has 0 saturated carbocycles. The van der Waals surface area contributed by atoms with Crippen LogP contribution in [0.2, 0.25) is 0 Å². The molecule has 26 heavy (non-hydrogen) atoms. The highest BCUT2D eigenvalue weighted by molar-refractivity contribution is 6.23. The van der Waals surface area contributed by atoms with Gasteiger partial charge in [-0.15, -0.1) is 6.42 Å². The summed E-state index contributed by atoms with van der Waals surface area (Å²) in [6.07, 6.45) is 6.76. The molecule has 0 aliphatic rings. The quantitative estimate of drug-likeness (QED) is 0.273. The van der Waals surface area contributed by atoms with E-state index in [1.54, 1.807) is 6.92 Å². The molecule has 4 rings (SSSR count). The van der Waals surface area contributed by atoms with Crippen molar-refractivity contribution in [2.75, 3.05) is 0 Å². The van der Waals surface area contributed by atoms with Gasteiger partial charge in [0.15, 0.2) is 6.10 Å². The standard InChI is InChI=1S/C24H20O2/c1-3-16(2)26-22(25)9-5-6-17-10-11-20-13-12-18-7-4-8-19-14-15-21(17)24(20)23(18)19/h1,4,7-8,10-16H,5-6,9H2,2H3/t16-/m1/s1. The van der Waals surface area contributed by atoms with Gasteiger partial charge in [-0.25, -0.2) is 0 Å². The van der Waals surface area contributed by atoms with E-state index in [-0.39, 0.29) is 5.97 Å². The van der Waals surface area contributed by atoms with Crippen LogP contribution in [-0.4, -0.2) is 12.1 Å². The second-order valence-corrected chi connectivity index (χ2v) is 6.73. The number of hydrogen-bond acceptors (Lipinski definition) is 2. The predicted octanol–water partition coefficient (Wildman–Crippen LogP) is 5.47. The van der Waals surface area contributed by atoms with Crippen LogP contribution >= 0.6 is 0 Å². The third kappa shape index (κ3) is 2.86. The van der Waals surface area contributed by atoms with Crippen molar-refractivity contribution in [2.45, 2.75) is 32.3 Å². The molecule has 0 aliphatic carbocycles. The number of hydrogen-bond donors (Lipinski definition) is 0. The maximum atomic E-state index is 11.8. The first-order chi connectivity index (χ1) is 12.7. The van der Waals surface area contributed by atoms with Gasteiger partial charge in [0.25, 0.3) is 0 Å². The number of ether oxygens (including phenoxy) is 1. The van der Waals surface area contributed by atoms with E-state index in [9.17, 15) is 4.79 Å². The third-order valence-electron chi connectivity index (χ3n) is 4.99. The van der Waals surface area contributed by atoms with Gasteiger partial charge in [0.05, 0.1) is 0 Å². The number of carbonyl (C=O) groups is 1. The van der Waals surface area contributed by atoms with Crippen LogP contribution in [0.4, 0.5) is 0 Å². The Morgan fingerprint density at radius 1 is 1.00 bits per heavy atom. The summed E-state index contributed by atoms with van der Waals surface area (Å²) < 4.78 is 5.14. The molecule has 0 aliphatic heterocycles. The molecule has 0 unspecified atom stereocenters. The van der Waals surface area contributed by atoms with Gasteiger partial charge >= 0.3 is 5.97 Å².